The number of halogens is 2. The highest BCUT2D eigenvalue weighted by Crippen LogP contribution is 2.30. The van der Waals surface area contributed by atoms with Crippen LogP contribution in [0.25, 0.3) is 0 Å². The maximum absolute atomic E-state index is 10.6. The molecule has 0 saturated heterocycles. The Morgan fingerprint density at radius 1 is 1.33 bits per heavy atom. The molecule has 1 aromatic carbocycles. The molecular weight excluding hydrogens is 323 g/mol. The largest absolute Gasteiger partial charge is 0.476 e. The molecule has 18 heavy (non-hydrogen) atoms. The number of aromatic carboxylic acids is 1. The first-order valence-electron chi connectivity index (χ1n) is 4.74. The zero-order chi connectivity index (χ0) is 13.1. The normalized spacial score (nSPS) is 10.1. The first-order valence-corrected chi connectivity index (χ1v) is 5.91. The molecule has 0 bridgehead atoms. The van der Waals surface area contributed by atoms with E-state index in [1.807, 2.05) is 0 Å². The number of carboxylic acids is 1. The summed E-state index contributed by atoms with van der Waals surface area (Å²) in [6, 6.07) is 5.01. The van der Waals surface area contributed by atoms with Crippen molar-refractivity contribution in [3.63, 3.8) is 0 Å². The predicted molar refractivity (Wildman–Crippen MR) is 68.2 cm³/mol. The Morgan fingerprint density at radius 2 is 2.11 bits per heavy atom. The van der Waals surface area contributed by atoms with E-state index in [0.29, 0.717) is 15.2 Å². The van der Waals surface area contributed by atoms with Crippen LogP contribution < -0.4 is 4.74 Å². The standard InChI is InChI=1S/C11H6BrClN2O3/c12-7-3-6(13)1-2-9(7)18-10-5-14-8(4-15-10)11(16)17/h1-5H,(H,16,17). The van der Waals surface area contributed by atoms with Crippen molar-refractivity contribution in [2.45, 2.75) is 0 Å². The van der Waals surface area contributed by atoms with Gasteiger partial charge in [-0.25, -0.2) is 14.8 Å². The first-order chi connectivity index (χ1) is 8.56. The molecule has 2 aromatic rings. The van der Waals surface area contributed by atoms with Crippen molar-refractivity contribution in [1.82, 2.24) is 9.97 Å². The van der Waals surface area contributed by atoms with Gasteiger partial charge >= 0.3 is 5.97 Å². The number of carbonyl (C=O) groups is 1. The molecule has 1 heterocycles. The zero-order valence-electron chi connectivity index (χ0n) is 8.80. The van der Waals surface area contributed by atoms with Crippen molar-refractivity contribution in [3.05, 3.63) is 45.8 Å². The second kappa shape index (κ2) is 5.32. The van der Waals surface area contributed by atoms with Gasteiger partial charge in [-0.1, -0.05) is 11.6 Å². The molecule has 0 atom stereocenters. The molecule has 1 aromatic heterocycles. The monoisotopic (exact) mass is 328 g/mol. The first kappa shape index (κ1) is 12.8. The molecule has 0 radical (unpaired) electrons. The summed E-state index contributed by atoms with van der Waals surface area (Å²) >= 11 is 9.09. The molecule has 0 unspecified atom stereocenters. The Kier molecular flexibility index (Phi) is 3.78. The molecule has 0 aliphatic heterocycles. The second-order valence-electron chi connectivity index (χ2n) is 3.22. The number of rotatable bonds is 3. The maximum atomic E-state index is 10.6. The Bertz CT molecular complexity index is 589. The van der Waals surface area contributed by atoms with Crippen LogP contribution >= 0.6 is 27.5 Å². The van der Waals surface area contributed by atoms with E-state index >= 15 is 0 Å². The third-order valence-electron chi connectivity index (χ3n) is 1.96. The van der Waals surface area contributed by atoms with Crippen LogP contribution in [0.3, 0.4) is 0 Å². The lowest BCUT2D eigenvalue weighted by Gasteiger charge is -2.06. The molecule has 0 saturated carbocycles. The minimum atomic E-state index is -1.14. The molecule has 5 nitrogen and oxygen atoms in total. The summed E-state index contributed by atoms with van der Waals surface area (Å²) in [5, 5.41) is 9.25. The van der Waals surface area contributed by atoms with Crippen LogP contribution in [0.5, 0.6) is 11.6 Å². The SMILES string of the molecule is O=C(O)c1cnc(Oc2ccc(Cl)cc2Br)cn1. The average Bonchev–Trinajstić information content (AvgIpc) is 2.33. The highest BCUT2D eigenvalue weighted by Gasteiger charge is 2.08. The number of benzene rings is 1. The smallest absolute Gasteiger partial charge is 0.356 e. The summed E-state index contributed by atoms with van der Waals surface area (Å²) in [5.41, 5.74) is -0.141. The van der Waals surface area contributed by atoms with Gasteiger partial charge in [0.15, 0.2) is 5.69 Å². The van der Waals surface area contributed by atoms with Gasteiger partial charge in [-0.2, -0.15) is 0 Å². The summed E-state index contributed by atoms with van der Waals surface area (Å²) in [6.07, 6.45) is 2.37. The second-order valence-corrected chi connectivity index (χ2v) is 4.51. The third kappa shape index (κ3) is 2.96. The average molecular weight is 330 g/mol. The molecule has 0 fully saturated rings. The molecule has 0 amide bonds. The number of ether oxygens (including phenoxy) is 1. The maximum Gasteiger partial charge on any atom is 0.356 e. The van der Waals surface area contributed by atoms with Crippen LogP contribution in [0.1, 0.15) is 10.5 Å². The molecule has 0 spiro atoms. The number of nitrogens with zero attached hydrogens (tertiary/aromatic N) is 2. The van der Waals surface area contributed by atoms with Gasteiger partial charge < -0.3 is 9.84 Å². The Morgan fingerprint density at radius 3 is 2.67 bits per heavy atom. The Balaban J connectivity index is 2.21. The summed E-state index contributed by atoms with van der Waals surface area (Å²) < 4.78 is 6.09. The fourth-order valence-corrected chi connectivity index (χ4v) is 1.91. The van der Waals surface area contributed by atoms with E-state index in [-0.39, 0.29) is 11.6 Å². The number of hydrogen-bond donors (Lipinski definition) is 1. The molecule has 2 rings (SSSR count). The van der Waals surface area contributed by atoms with Crippen LogP contribution in [0, 0.1) is 0 Å². The molecule has 7 heteroatoms. The lowest BCUT2D eigenvalue weighted by Crippen LogP contribution is -2.01. The third-order valence-corrected chi connectivity index (χ3v) is 2.81. The van der Waals surface area contributed by atoms with Gasteiger partial charge in [0, 0.05) is 5.02 Å². The van der Waals surface area contributed by atoms with Gasteiger partial charge in [-0.3, -0.25) is 0 Å². The summed E-state index contributed by atoms with van der Waals surface area (Å²) in [7, 11) is 0. The van der Waals surface area contributed by atoms with Gasteiger partial charge in [0.25, 0.3) is 0 Å². The van der Waals surface area contributed by atoms with Gasteiger partial charge in [-0.15, -0.1) is 0 Å². The summed E-state index contributed by atoms with van der Waals surface area (Å²) in [6.45, 7) is 0. The van der Waals surface area contributed by atoms with Gasteiger partial charge in [-0.05, 0) is 34.1 Å². The van der Waals surface area contributed by atoms with Crippen molar-refractivity contribution < 1.29 is 14.6 Å². The molecular formula is C11H6BrClN2O3. The van der Waals surface area contributed by atoms with Crippen molar-refractivity contribution in [1.29, 1.82) is 0 Å². The van der Waals surface area contributed by atoms with E-state index in [1.54, 1.807) is 18.2 Å². The van der Waals surface area contributed by atoms with E-state index in [4.69, 9.17) is 21.4 Å². The number of aromatic nitrogens is 2. The summed E-state index contributed by atoms with van der Waals surface area (Å²) in [5.74, 6) is -0.429. The van der Waals surface area contributed by atoms with Gasteiger partial charge in [0.05, 0.1) is 16.9 Å². The van der Waals surface area contributed by atoms with Crippen molar-refractivity contribution in [3.8, 4) is 11.6 Å². The lowest BCUT2D eigenvalue weighted by molar-refractivity contribution is 0.0690. The zero-order valence-corrected chi connectivity index (χ0v) is 11.1. The van der Waals surface area contributed by atoms with Crippen LogP contribution in [0.2, 0.25) is 5.02 Å². The van der Waals surface area contributed by atoms with Crippen LogP contribution in [0.15, 0.2) is 35.1 Å². The minimum absolute atomic E-state index is 0.141. The fourth-order valence-electron chi connectivity index (χ4n) is 1.15. The van der Waals surface area contributed by atoms with Crippen LogP contribution in [-0.4, -0.2) is 21.0 Å². The Hall–Kier alpha value is -1.66. The fraction of sp³-hybridized carbons (Fsp3) is 0. The van der Waals surface area contributed by atoms with E-state index in [9.17, 15) is 4.79 Å². The summed E-state index contributed by atoms with van der Waals surface area (Å²) in [4.78, 5) is 18.1. The molecule has 0 aliphatic rings. The molecule has 1 N–H and O–H groups in total. The van der Waals surface area contributed by atoms with Crippen LogP contribution in [-0.2, 0) is 0 Å². The number of hydrogen-bond acceptors (Lipinski definition) is 4. The quantitative estimate of drug-likeness (QED) is 0.934. The van der Waals surface area contributed by atoms with Gasteiger partial charge in [0.1, 0.15) is 5.75 Å². The minimum Gasteiger partial charge on any atom is -0.476 e. The number of carboxylic acid groups (broad SMARTS) is 1. The van der Waals surface area contributed by atoms with Crippen molar-refractivity contribution >= 4 is 33.5 Å². The molecule has 0 aliphatic carbocycles. The highest BCUT2D eigenvalue weighted by molar-refractivity contribution is 9.10. The molecule has 92 valence electrons. The van der Waals surface area contributed by atoms with Crippen molar-refractivity contribution in [2.75, 3.05) is 0 Å². The highest BCUT2D eigenvalue weighted by atomic mass is 79.9. The van der Waals surface area contributed by atoms with E-state index < -0.39 is 5.97 Å². The lowest BCUT2D eigenvalue weighted by atomic mass is 10.3. The van der Waals surface area contributed by atoms with E-state index in [2.05, 4.69) is 25.9 Å². The van der Waals surface area contributed by atoms with Crippen molar-refractivity contribution in [2.24, 2.45) is 0 Å². The Labute approximate surface area is 116 Å². The van der Waals surface area contributed by atoms with E-state index in [0.717, 1.165) is 6.20 Å². The predicted octanol–water partition coefficient (Wildman–Crippen LogP) is 3.38. The van der Waals surface area contributed by atoms with E-state index in [1.165, 1.54) is 6.20 Å². The topological polar surface area (TPSA) is 72.3 Å². The van der Waals surface area contributed by atoms with Crippen LogP contribution in [0.4, 0.5) is 0 Å². The van der Waals surface area contributed by atoms with Gasteiger partial charge in [0.2, 0.25) is 5.88 Å².